The Kier molecular flexibility index (Phi) is 4.27. The van der Waals surface area contributed by atoms with Crippen molar-refractivity contribution in [3.8, 4) is 0 Å². The quantitative estimate of drug-likeness (QED) is 0.872. The molecular formula is C17H23N3O2. The van der Waals surface area contributed by atoms with Crippen LogP contribution in [0, 0.1) is 0 Å². The summed E-state index contributed by atoms with van der Waals surface area (Å²) in [5, 5.41) is 0. The molecule has 1 aliphatic heterocycles. The molecule has 0 saturated carbocycles. The van der Waals surface area contributed by atoms with Gasteiger partial charge in [-0.15, -0.1) is 0 Å². The van der Waals surface area contributed by atoms with Gasteiger partial charge in [0.2, 0.25) is 5.89 Å². The summed E-state index contributed by atoms with van der Waals surface area (Å²) >= 11 is 0. The summed E-state index contributed by atoms with van der Waals surface area (Å²) < 4.78 is 11.4. The van der Waals surface area contributed by atoms with Gasteiger partial charge in [0, 0.05) is 30.9 Å². The average Bonchev–Trinajstić information content (AvgIpc) is 2.99. The number of nitrogens with zero attached hydrogens (tertiary/aromatic N) is 3. The molecule has 0 aliphatic carbocycles. The summed E-state index contributed by atoms with van der Waals surface area (Å²) in [6.45, 7) is 9.51. The number of morpholine rings is 1. The lowest BCUT2D eigenvalue weighted by molar-refractivity contribution is -0.0223. The van der Waals surface area contributed by atoms with Crippen LogP contribution in [-0.2, 0) is 16.7 Å². The van der Waals surface area contributed by atoms with Crippen molar-refractivity contribution in [1.29, 1.82) is 0 Å². The molecule has 1 fully saturated rings. The summed E-state index contributed by atoms with van der Waals surface area (Å²) in [6, 6.07) is 4.16. The highest BCUT2D eigenvalue weighted by atomic mass is 16.5. The zero-order valence-corrected chi connectivity index (χ0v) is 13.5. The Labute approximate surface area is 131 Å². The summed E-state index contributed by atoms with van der Waals surface area (Å²) in [5.74, 6) is 0.749. The Morgan fingerprint density at radius 3 is 2.73 bits per heavy atom. The topological polar surface area (TPSA) is 51.4 Å². The van der Waals surface area contributed by atoms with Crippen LogP contribution in [0.25, 0.3) is 0 Å². The van der Waals surface area contributed by atoms with E-state index in [4.69, 9.17) is 14.1 Å². The highest BCUT2D eigenvalue weighted by Gasteiger charge is 2.30. The molecule has 0 spiro atoms. The van der Waals surface area contributed by atoms with E-state index in [1.165, 1.54) is 5.56 Å². The third-order valence-corrected chi connectivity index (χ3v) is 3.95. The van der Waals surface area contributed by atoms with Crippen LogP contribution < -0.4 is 0 Å². The minimum absolute atomic E-state index is 0.00674. The SMILES string of the molecule is CC(C)(C)c1coc([C@@H]2COCCN2Cc2ccncc2)n1. The van der Waals surface area contributed by atoms with Gasteiger partial charge >= 0.3 is 0 Å². The molecule has 2 aromatic heterocycles. The van der Waals surface area contributed by atoms with Crippen molar-refractivity contribution < 1.29 is 9.15 Å². The van der Waals surface area contributed by atoms with Crippen LogP contribution in [-0.4, -0.2) is 34.6 Å². The second-order valence-corrected chi connectivity index (χ2v) is 6.74. The third kappa shape index (κ3) is 3.36. The maximum absolute atomic E-state index is 5.75. The van der Waals surface area contributed by atoms with Crippen molar-refractivity contribution in [3.63, 3.8) is 0 Å². The molecule has 0 bridgehead atoms. The third-order valence-electron chi connectivity index (χ3n) is 3.95. The molecule has 0 N–H and O–H groups in total. The normalized spacial score (nSPS) is 20.2. The molecule has 0 amide bonds. The van der Waals surface area contributed by atoms with Crippen molar-refractivity contribution in [2.75, 3.05) is 19.8 Å². The van der Waals surface area contributed by atoms with E-state index in [2.05, 4.69) is 30.7 Å². The lowest BCUT2D eigenvalue weighted by Gasteiger charge is -2.33. The summed E-state index contributed by atoms with van der Waals surface area (Å²) in [4.78, 5) is 11.1. The monoisotopic (exact) mass is 301 g/mol. The van der Waals surface area contributed by atoms with Crippen LogP contribution in [0.15, 0.2) is 35.2 Å². The maximum atomic E-state index is 5.75. The van der Waals surface area contributed by atoms with Gasteiger partial charge in [0.15, 0.2) is 0 Å². The zero-order valence-electron chi connectivity index (χ0n) is 13.5. The minimum Gasteiger partial charge on any atom is -0.447 e. The lowest BCUT2D eigenvalue weighted by Crippen LogP contribution is -2.39. The van der Waals surface area contributed by atoms with E-state index < -0.39 is 0 Å². The van der Waals surface area contributed by atoms with Crippen molar-refractivity contribution in [2.45, 2.75) is 38.8 Å². The standard InChI is InChI=1S/C17H23N3O2/c1-17(2,3)15-12-22-16(19-15)14-11-21-9-8-20(14)10-13-4-6-18-7-5-13/h4-7,12,14H,8-11H2,1-3H3/t14-/m0/s1. The smallest absolute Gasteiger partial charge is 0.214 e. The van der Waals surface area contributed by atoms with Gasteiger partial charge in [0.25, 0.3) is 0 Å². The average molecular weight is 301 g/mol. The number of hydrogen-bond donors (Lipinski definition) is 0. The molecule has 5 heteroatoms. The number of hydrogen-bond acceptors (Lipinski definition) is 5. The largest absolute Gasteiger partial charge is 0.447 e. The zero-order chi connectivity index (χ0) is 15.6. The molecule has 1 atom stereocenters. The van der Waals surface area contributed by atoms with Crippen LogP contribution >= 0.6 is 0 Å². The predicted molar refractivity (Wildman–Crippen MR) is 83.4 cm³/mol. The second-order valence-electron chi connectivity index (χ2n) is 6.74. The molecular weight excluding hydrogens is 278 g/mol. The first-order valence-electron chi connectivity index (χ1n) is 7.70. The molecule has 22 heavy (non-hydrogen) atoms. The minimum atomic E-state index is -0.00674. The Morgan fingerprint density at radius 1 is 1.27 bits per heavy atom. The Balaban J connectivity index is 1.79. The predicted octanol–water partition coefficient (Wildman–Crippen LogP) is 2.94. The molecule has 5 nitrogen and oxygen atoms in total. The van der Waals surface area contributed by atoms with E-state index in [1.807, 2.05) is 24.5 Å². The molecule has 0 unspecified atom stereocenters. The summed E-state index contributed by atoms with van der Waals surface area (Å²) in [7, 11) is 0. The maximum Gasteiger partial charge on any atom is 0.214 e. The first-order chi connectivity index (χ1) is 10.5. The molecule has 2 aromatic rings. The van der Waals surface area contributed by atoms with Gasteiger partial charge in [-0.1, -0.05) is 20.8 Å². The second kappa shape index (κ2) is 6.18. The first kappa shape index (κ1) is 15.2. The molecule has 3 rings (SSSR count). The first-order valence-corrected chi connectivity index (χ1v) is 7.70. The van der Waals surface area contributed by atoms with E-state index in [9.17, 15) is 0 Å². The van der Waals surface area contributed by atoms with Gasteiger partial charge in [-0.3, -0.25) is 9.88 Å². The van der Waals surface area contributed by atoms with Gasteiger partial charge in [0.05, 0.1) is 18.9 Å². The van der Waals surface area contributed by atoms with Crippen molar-refractivity contribution in [1.82, 2.24) is 14.9 Å². The molecule has 3 heterocycles. The van der Waals surface area contributed by atoms with E-state index >= 15 is 0 Å². The molecule has 1 saturated heterocycles. The van der Waals surface area contributed by atoms with Gasteiger partial charge in [-0.25, -0.2) is 4.98 Å². The Bertz CT molecular complexity index is 604. The number of ether oxygens (including phenoxy) is 1. The fourth-order valence-corrected chi connectivity index (χ4v) is 2.56. The lowest BCUT2D eigenvalue weighted by atomic mass is 9.93. The van der Waals surface area contributed by atoms with E-state index in [0.29, 0.717) is 6.61 Å². The van der Waals surface area contributed by atoms with E-state index in [0.717, 1.165) is 31.3 Å². The Morgan fingerprint density at radius 2 is 2.05 bits per heavy atom. The molecule has 118 valence electrons. The fraction of sp³-hybridized carbons (Fsp3) is 0.529. The van der Waals surface area contributed by atoms with Crippen LogP contribution in [0.2, 0.25) is 0 Å². The number of rotatable bonds is 3. The van der Waals surface area contributed by atoms with E-state index in [-0.39, 0.29) is 11.5 Å². The van der Waals surface area contributed by atoms with Gasteiger partial charge in [-0.05, 0) is 17.7 Å². The highest BCUT2D eigenvalue weighted by Crippen LogP contribution is 2.28. The Hall–Kier alpha value is -1.72. The van der Waals surface area contributed by atoms with Gasteiger partial charge in [-0.2, -0.15) is 0 Å². The van der Waals surface area contributed by atoms with Crippen molar-refractivity contribution in [3.05, 3.63) is 47.9 Å². The van der Waals surface area contributed by atoms with Gasteiger partial charge < -0.3 is 9.15 Å². The molecule has 1 aliphatic rings. The van der Waals surface area contributed by atoms with Crippen LogP contribution in [0.4, 0.5) is 0 Å². The van der Waals surface area contributed by atoms with E-state index in [1.54, 1.807) is 6.26 Å². The fourth-order valence-electron chi connectivity index (χ4n) is 2.56. The summed E-state index contributed by atoms with van der Waals surface area (Å²) in [5.41, 5.74) is 2.22. The van der Waals surface area contributed by atoms with Crippen LogP contribution in [0.3, 0.4) is 0 Å². The number of aromatic nitrogens is 2. The highest BCUT2D eigenvalue weighted by molar-refractivity contribution is 5.13. The number of pyridine rings is 1. The molecule has 0 radical (unpaired) electrons. The molecule has 0 aromatic carbocycles. The van der Waals surface area contributed by atoms with Gasteiger partial charge in [0.1, 0.15) is 12.3 Å². The van der Waals surface area contributed by atoms with Crippen LogP contribution in [0.1, 0.15) is 44.0 Å². The van der Waals surface area contributed by atoms with Crippen molar-refractivity contribution in [2.24, 2.45) is 0 Å². The summed E-state index contributed by atoms with van der Waals surface area (Å²) in [6.07, 6.45) is 5.43. The van der Waals surface area contributed by atoms with Crippen molar-refractivity contribution >= 4 is 0 Å². The number of oxazole rings is 1. The van der Waals surface area contributed by atoms with Crippen LogP contribution in [0.5, 0.6) is 0 Å².